The number of aryl methyl sites for hydroxylation is 1. The van der Waals surface area contributed by atoms with Gasteiger partial charge in [-0.15, -0.1) is 34.5 Å². The van der Waals surface area contributed by atoms with E-state index in [-0.39, 0.29) is 5.41 Å². The van der Waals surface area contributed by atoms with Crippen molar-refractivity contribution in [2.24, 2.45) is 0 Å². The van der Waals surface area contributed by atoms with E-state index in [1.165, 1.54) is 10.4 Å². The average Bonchev–Trinajstić information content (AvgIpc) is 2.82. The first-order chi connectivity index (χ1) is 8.70. The molecule has 0 saturated heterocycles. The van der Waals surface area contributed by atoms with Crippen molar-refractivity contribution in [3.8, 4) is 0 Å². The van der Waals surface area contributed by atoms with Gasteiger partial charge in [0.1, 0.15) is 0 Å². The standard InChI is InChI=1S/C14H15Cl2NS/c1-11-17-8-13(18-11)7-14(9-15,10-16)12-5-3-2-4-6-12/h2-6,8H,7,9-10H2,1H3. The minimum atomic E-state index is -0.205. The maximum atomic E-state index is 6.22. The van der Waals surface area contributed by atoms with E-state index in [2.05, 4.69) is 17.1 Å². The van der Waals surface area contributed by atoms with Gasteiger partial charge in [0.25, 0.3) is 0 Å². The Morgan fingerprint density at radius 2 is 1.83 bits per heavy atom. The lowest BCUT2D eigenvalue weighted by molar-refractivity contribution is 0.540. The molecular weight excluding hydrogens is 285 g/mol. The van der Waals surface area contributed by atoms with Gasteiger partial charge in [-0.25, -0.2) is 4.98 Å². The van der Waals surface area contributed by atoms with Crippen molar-refractivity contribution in [1.82, 2.24) is 4.98 Å². The number of rotatable bonds is 5. The molecule has 96 valence electrons. The van der Waals surface area contributed by atoms with Gasteiger partial charge in [0.2, 0.25) is 0 Å². The normalized spacial score (nSPS) is 11.7. The van der Waals surface area contributed by atoms with E-state index < -0.39 is 0 Å². The predicted molar refractivity (Wildman–Crippen MR) is 80.1 cm³/mol. The van der Waals surface area contributed by atoms with Gasteiger partial charge < -0.3 is 0 Å². The van der Waals surface area contributed by atoms with Crippen LogP contribution in [-0.2, 0) is 11.8 Å². The van der Waals surface area contributed by atoms with Crippen LogP contribution in [0.5, 0.6) is 0 Å². The van der Waals surface area contributed by atoms with E-state index in [1.807, 2.05) is 31.3 Å². The molecule has 0 aliphatic heterocycles. The molecule has 0 aliphatic rings. The summed E-state index contributed by atoms with van der Waals surface area (Å²) >= 11 is 14.1. The number of benzene rings is 1. The van der Waals surface area contributed by atoms with E-state index >= 15 is 0 Å². The Morgan fingerprint density at radius 1 is 1.17 bits per heavy atom. The third kappa shape index (κ3) is 2.87. The van der Waals surface area contributed by atoms with Crippen LogP contribution in [0.4, 0.5) is 0 Å². The molecule has 0 spiro atoms. The van der Waals surface area contributed by atoms with E-state index in [0.717, 1.165) is 11.4 Å². The third-order valence-electron chi connectivity index (χ3n) is 3.08. The van der Waals surface area contributed by atoms with Crippen LogP contribution in [0, 0.1) is 6.92 Å². The molecule has 1 nitrogen and oxygen atoms in total. The second kappa shape index (κ2) is 6.05. The SMILES string of the molecule is Cc1ncc(CC(CCl)(CCl)c2ccccc2)s1. The number of aromatic nitrogens is 1. The first kappa shape index (κ1) is 13.9. The van der Waals surface area contributed by atoms with Crippen LogP contribution in [0.3, 0.4) is 0 Å². The van der Waals surface area contributed by atoms with Crippen molar-refractivity contribution in [3.05, 3.63) is 52.0 Å². The van der Waals surface area contributed by atoms with E-state index in [4.69, 9.17) is 23.2 Å². The summed E-state index contributed by atoms with van der Waals surface area (Å²) in [5.74, 6) is 1.02. The second-order valence-electron chi connectivity index (χ2n) is 4.44. The fourth-order valence-corrected chi connectivity index (χ4v) is 3.72. The Labute approximate surface area is 122 Å². The van der Waals surface area contributed by atoms with Crippen molar-refractivity contribution in [3.63, 3.8) is 0 Å². The molecule has 18 heavy (non-hydrogen) atoms. The summed E-state index contributed by atoms with van der Waals surface area (Å²) in [6.45, 7) is 2.01. The molecule has 0 fully saturated rings. The van der Waals surface area contributed by atoms with Crippen molar-refractivity contribution >= 4 is 34.5 Å². The zero-order valence-electron chi connectivity index (χ0n) is 10.2. The van der Waals surface area contributed by atoms with Crippen LogP contribution in [0.2, 0.25) is 0 Å². The molecule has 0 unspecified atom stereocenters. The van der Waals surface area contributed by atoms with Crippen LogP contribution in [0.25, 0.3) is 0 Å². The molecule has 0 N–H and O–H groups in total. The molecule has 1 aromatic heterocycles. The topological polar surface area (TPSA) is 12.9 Å². The van der Waals surface area contributed by atoms with Gasteiger partial charge in [-0.05, 0) is 18.9 Å². The quantitative estimate of drug-likeness (QED) is 0.745. The summed E-state index contributed by atoms with van der Waals surface area (Å²) in [4.78, 5) is 5.53. The Morgan fingerprint density at radius 3 is 2.33 bits per heavy atom. The zero-order chi connectivity index (χ0) is 13.0. The summed E-state index contributed by atoms with van der Waals surface area (Å²) in [6.07, 6.45) is 2.77. The number of hydrogen-bond acceptors (Lipinski definition) is 2. The van der Waals surface area contributed by atoms with Gasteiger partial charge in [-0.2, -0.15) is 0 Å². The summed E-state index contributed by atoms with van der Waals surface area (Å²) in [5, 5.41) is 1.08. The highest BCUT2D eigenvalue weighted by Crippen LogP contribution is 2.33. The number of nitrogens with zero attached hydrogens (tertiary/aromatic N) is 1. The number of hydrogen-bond donors (Lipinski definition) is 0. The van der Waals surface area contributed by atoms with E-state index in [9.17, 15) is 0 Å². The van der Waals surface area contributed by atoms with Gasteiger partial charge in [-0.1, -0.05) is 30.3 Å². The molecule has 2 rings (SSSR count). The fourth-order valence-electron chi connectivity index (χ4n) is 2.00. The maximum Gasteiger partial charge on any atom is 0.0896 e. The van der Waals surface area contributed by atoms with Gasteiger partial charge >= 0.3 is 0 Å². The molecular formula is C14H15Cl2NS. The van der Waals surface area contributed by atoms with Gasteiger partial charge in [-0.3, -0.25) is 0 Å². The molecule has 4 heteroatoms. The highest BCUT2D eigenvalue weighted by Gasteiger charge is 2.31. The smallest absolute Gasteiger partial charge is 0.0896 e. The highest BCUT2D eigenvalue weighted by molar-refractivity contribution is 7.11. The van der Waals surface area contributed by atoms with Crippen molar-refractivity contribution in [2.45, 2.75) is 18.8 Å². The summed E-state index contributed by atoms with van der Waals surface area (Å²) in [7, 11) is 0. The van der Waals surface area contributed by atoms with E-state index in [1.54, 1.807) is 11.3 Å². The molecule has 0 aliphatic carbocycles. The van der Waals surface area contributed by atoms with Crippen LogP contribution in [0.1, 0.15) is 15.4 Å². The van der Waals surface area contributed by atoms with E-state index in [0.29, 0.717) is 11.8 Å². The largest absolute Gasteiger partial charge is 0.250 e. The third-order valence-corrected chi connectivity index (χ3v) is 5.02. The fraction of sp³-hybridized carbons (Fsp3) is 0.357. The zero-order valence-corrected chi connectivity index (χ0v) is 12.5. The number of alkyl halides is 2. The Bertz CT molecular complexity index is 492. The lowest BCUT2D eigenvalue weighted by atomic mass is 9.81. The average molecular weight is 300 g/mol. The predicted octanol–water partition coefficient (Wildman–Crippen LogP) is 4.41. The molecule has 2 aromatic rings. The first-order valence-electron chi connectivity index (χ1n) is 5.79. The number of thiazole rings is 1. The summed E-state index contributed by atoms with van der Waals surface area (Å²) in [6, 6.07) is 10.3. The van der Waals surface area contributed by atoms with Gasteiger partial charge in [0.05, 0.1) is 5.01 Å². The minimum absolute atomic E-state index is 0.205. The molecule has 0 amide bonds. The molecule has 1 heterocycles. The Balaban J connectivity index is 2.32. The van der Waals surface area contributed by atoms with Crippen LogP contribution < -0.4 is 0 Å². The minimum Gasteiger partial charge on any atom is -0.250 e. The first-order valence-corrected chi connectivity index (χ1v) is 7.67. The second-order valence-corrected chi connectivity index (χ2v) is 6.29. The molecule has 0 radical (unpaired) electrons. The molecule has 1 aromatic carbocycles. The number of halogens is 2. The maximum absolute atomic E-state index is 6.22. The van der Waals surface area contributed by atoms with Crippen LogP contribution in [0.15, 0.2) is 36.5 Å². The molecule has 0 atom stereocenters. The molecule has 0 saturated carbocycles. The highest BCUT2D eigenvalue weighted by atomic mass is 35.5. The summed E-state index contributed by atoms with van der Waals surface area (Å²) in [5.41, 5.74) is 0.990. The van der Waals surface area contributed by atoms with Crippen LogP contribution in [-0.4, -0.2) is 16.7 Å². The van der Waals surface area contributed by atoms with Gasteiger partial charge in [0.15, 0.2) is 0 Å². The Kier molecular flexibility index (Phi) is 4.66. The van der Waals surface area contributed by atoms with Crippen molar-refractivity contribution < 1.29 is 0 Å². The summed E-state index contributed by atoms with van der Waals surface area (Å²) < 4.78 is 0. The van der Waals surface area contributed by atoms with Crippen LogP contribution >= 0.6 is 34.5 Å². The van der Waals surface area contributed by atoms with Crippen molar-refractivity contribution in [2.75, 3.05) is 11.8 Å². The van der Waals surface area contributed by atoms with Crippen molar-refractivity contribution in [1.29, 1.82) is 0 Å². The molecule has 0 bridgehead atoms. The lowest BCUT2D eigenvalue weighted by Crippen LogP contribution is -2.33. The Hall–Kier alpha value is -0.570. The lowest BCUT2D eigenvalue weighted by Gasteiger charge is -2.29. The van der Waals surface area contributed by atoms with Gasteiger partial charge in [0, 0.05) is 28.2 Å². The monoisotopic (exact) mass is 299 g/mol.